The van der Waals surface area contributed by atoms with Gasteiger partial charge in [0.2, 0.25) is 23.6 Å². The SMILES string of the molecule is C[C@H](NC(=O)[C@@H]1CCCN1C1(N2CCC[C@H]2C(=O)N[C@@H](C)C(=O)Nc2ccccn2)C=CC=C1)C(=O)Nc1ccccn1. The molecule has 0 unspecified atom stereocenters. The van der Waals surface area contributed by atoms with E-state index in [1.54, 1.807) is 62.6 Å². The van der Waals surface area contributed by atoms with Crippen molar-refractivity contribution in [1.29, 1.82) is 0 Å². The van der Waals surface area contributed by atoms with Crippen LogP contribution in [-0.2, 0) is 19.2 Å². The second kappa shape index (κ2) is 13.3. The molecule has 43 heavy (non-hydrogen) atoms. The van der Waals surface area contributed by atoms with Gasteiger partial charge in [-0.1, -0.05) is 24.3 Å². The number of allylic oxidation sites excluding steroid dienone is 2. The van der Waals surface area contributed by atoms with Gasteiger partial charge in [0.05, 0.1) is 12.1 Å². The number of hydrogen-bond acceptors (Lipinski definition) is 8. The van der Waals surface area contributed by atoms with Gasteiger partial charge in [0.25, 0.3) is 0 Å². The normalized spacial score (nSPS) is 22.6. The zero-order valence-corrected chi connectivity index (χ0v) is 24.4. The summed E-state index contributed by atoms with van der Waals surface area (Å²) in [6, 6.07) is 7.89. The molecule has 0 aromatic carbocycles. The molecule has 4 atom stereocenters. The van der Waals surface area contributed by atoms with E-state index in [-0.39, 0.29) is 23.6 Å². The molecular formula is C31H38N8O4. The largest absolute Gasteiger partial charge is 0.343 e. The first-order chi connectivity index (χ1) is 20.8. The first-order valence-corrected chi connectivity index (χ1v) is 14.7. The molecule has 3 aliphatic rings. The maximum Gasteiger partial charge on any atom is 0.247 e. The van der Waals surface area contributed by atoms with Gasteiger partial charge in [-0.3, -0.25) is 29.0 Å². The van der Waals surface area contributed by atoms with Crippen LogP contribution in [0.15, 0.2) is 73.1 Å². The summed E-state index contributed by atoms with van der Waals surface area (Å²) >= 11 is 0. The molecule has 1 aliphatic carbocycles. The van der Waals surface area contributed by atoms with Crippen LogP contribution < -0.4 is 21.3 Å². The third-order valence-electron chi connectivity index (χ3n) is 8.16. The molecule has 0 saturated carbocycles. The molecule has 0 radical (unpaired) electrons. The van der Waals surface area contributed by atoms with Gasteiger partial charge in [-0.15, -0.1) is 0 Å². The van der Waals surface area contributed by atoms with E-state index in [2.05, 4.69) is 41.0 Å². The van der Waals surface area contributed by atoms with Gasteiger partial charge >= 0.3 is 0 Å². The number of nitrogens with zero attached hydrogens (tertiary/aromatic N) is 4. The van der Waals surface area contributed by atoms with Crippen LogP contribution >= 0.6 is 0 Å². The number of likely N-dealkylation sites (tertiary alicyclic amines) is 2. The van der Waals surface area contributed by atoms with Crippen molar-refractivity contribution in [3.63, 3.8) is 0 Å². The van der Waals surface area contributed by atoms with E-state index in [4.69, 9.17) is 0 Å². The third-order valence-corrected chi connectivity index (χ3v) is 8.16. The van der Waals surface area contributed by atoms with E-state index in [1.165, 1.54) is 0 Å². The molecule has 12 heteroatoms. The molecule has 4 heterocycles. The Morgan fingerprint density at radius 2 is 1.19 bits per heavy atom. The maximum atomic E-state index is 13.6. The summed E-state index contributed by atoms with van der Waals surface area (Å²) in [5.74, 6) is -0.367. The van der Waals surface area contributed by atoms with Crippen LogP contribution in [0.4, 0.5) is 11.6 Å². The van der Waals surface area contributed by atoms with Gasteiger partial charge in [-0.2, -0.15) is 0 Å². The minimum Gasteiger partial charge on any atom is -0.343 e. The molecule has 0 spiro atoms. The van der Waals surface area contributed by atoms with Crippen molar-refractivity contribution in [2.24, 2.45) is 0 Å². The lowest BCUT2D eigenvalue weighted by atomic mass is 10.0. The first-order valence-electron chi connectivity index (χ1n) is 14.7. The summed E-state index contributed by atoms with van der Waals surface area (Å²) in [5, 5.41) is 11.2. The fraction of sp³-hybridized carbons (Fsp3) is 0.419. The number of anilines is 2. The lowest BCUT2D eigenvalue weighted by molar-refractivity contribution is -0.135. The lowest BCUT2D eigenvalue weighted by Gasteiger charge is -2.47. The molecule has 2 aromatic heterocycles. The number of amides is 4. The van der Waals surface area contributed by atoms with Crippen molar-refractivity contribution in [3.05, 3.63) is 73.1 Å². The van der Waals surface area contributed by atoms with Gasteiger partial charge < -0.3 is 21.3 Å². The summed E-state index contributed by atoms with van der Waals surface area (Å²) in [7, 11) is 0. The summed E-state index contributed by atoms with van der Waals surface area (Å²) < 4.78 is 0. The van der Waals surface area contributed by atoms with Crippen LogP contribution in [0.2, 0.25) is 0 Å². The van der Waals surface area contributed by atoms with E-state index >= 15 is 0 Å². The summed E-state index contributed by atoms with van der Waals surface area (Å²) in [5.41, 5.74) is -0.782. The van der Waals surface area contributed by atoms with Gasteiger partial charge in [-0.05, 0) is 75.9 Å². The Balaban J connectivity index is 1.26. The fourth-order valence-electron chi connectivity index (χ4n) is 6.03. The molecule has 0 bridgehead atoms. The average Bonchev–Trinajstić information content (AvgIpc) is 3.79. The molecule has 4 N–H and O–H groups in total. The Kier molecular flexibility index (Phi) is 9.27. The molecule has 226 valence electrons. The van der Waals surface area contributed by atoms with Crippen LogP contribution in [0, 0.1) is 0 Å². The van der Waals surface area contributed by atoms with Gasteiger partial charge in [0.15, 0.2) is 0 Å². The van der Waals surface area contributed by atoms with Crippen molar-refractivity contribution >= 4 is 35.3 Å². The number of rotatable bonds is 10. The number of hydrogen-bond donors (Lipinski definition) is 4. The van der Waals surface area contributed by atoms with Crippen LogP contribution in [0.25, 0.3) is 0 Å². The minimum absolute atomic E-state index is 0.241. The van der Waals surface area contributed by atoms with Crippen molar-refractivity contribution in [3.8, 4) is 0 Å². The Morgan fingerprint density at radius 1 is 0.744 bits per heavy atom. The summed E-state index contributed by atoms with van der Waals surface area (Å²) in [4.78, 5) is 65.1. The second-order valence-electron chi connectivity index (χ2n) is 11.1. The number of nitrogens with one attached hydrogen (secondary N) is 4. The van der Waals surface area contributed by atoms with Crippen molar-refractivity contribution in [1.82, 2.24) is 30.4 Å². The summed E-state index contributed by atoms with van der Waals surface area (Å²) in [6.45, 7) is 4.59. The predicted octanol–water partition coefficient (Wildman–Crippen LogP) is 1.81. The molecule has 12 nitrogen and oxygen atoms in total. The molecular weight excluding hydrogens is 548 g/mol. The van der Waals surface area contributed by atoms with Gasteiger partial charge in [0.1, 0.15) is 29.4 Å². The number of aromatic nitrogens is 2. The number of pyridine rings is 2. The minimum atomic E-state index is -0.782. The highest BCUT2D eigenvalue weighted by atomic mass is 16.2. The molecule has 2 aliphatic heterocycles. The van der Waals surface area contributed by atoms with Crippen LogP contribution in [0.1, 0.15) is 39.5 Å². The zero-order chi connectivity index (χ0) is 30.4. The Morgan fingerprint density at radius 3 is 1.58 bits per heavy atom. The monoisotopic (exact) mass is 586 g/mol. The van der Waals surface area contributed by atoms with E-state index in [1.807, 2.05) is 24.3 Å². The Bertz CT molecular complexity index is 1280. The second-order valence-corrected chi connectivity index (χ2v) is 11.1. The van der Waals surface area contributed by atoms with E-state index < -0.39 is 29.8 Å². The molecule has 2 fully saturated rings. The summed E-state index contributed by atoms with van der Waals surface area (Å²) in [6.07, 6.45) is 13.9. The highest BCUT2D eigenvalue weighted by Crippen LogP contribution is 2.39. The average molecular weight is 587 g/mol. The predicted molar refractivity (Wildman–Crippen MR) is 161 cm³/mol. The molecule has 2 saturated heterocycles. The fourth-order valence-corrected chi connectivity index (χ4v) is 6.03. The smallest absolute Gasteiger partial charge is 0.247 e. The Hall–Kier alpha value is -4.42. The van der Waals surface area contributed by atoms with Crippen LogP contribution in [-0.4, -0.2) is 86.3 Å². The molecule has 5 rings (SSSR count). The van der Waals surface area contributed by atoms with E-state index in [0.29, 0.717) is 37.6 Å². The van der Waals surface area contributed by atoms with E-state index in [0.717, 1.165) is 12.8 Å². The molecule has 2 aromatic rings. The van der Waals surface area contributed by atoms with Gasteiger partial charge in [0, 0.05) is 25.5 Å². The highest BCUT2D eigenvalue weighted by molar-refractivity contribution is 5.98. The van der Waals surface area contributed by atoms with Crippen LogP contribution in [0.5, 0.6) is 0 Å². The Labute approximate surface area is 251 Å². The third kappa shape index (κ3) is 6.65. The first kappa shape index (κ1) is 30.1. The topological polar surface area (TPSA) is 149 Å². The highest BCUT2D eigenvalue weighted by Gasteiger charge is 2.51. The van der Waals surface area contributed by atoms with Crippen molar-refractivity contribution in [2.75, 3.05) is 23.7 Å². The maximum absolute atomic E-state index is 13.6. The van der Waals surface area contributed by atoms with Crippen molar-refractivity contribution < 1.29 is 19.2 Å². The quantitative estimate of drug-likeness (QED) is 0.330. The number of carbonyl (C=O) groups is 4. The van der Waals surface area contributed by atoms with Crippen molar-refractivity contribution in [2.45, 2.75) is 69.4 Å². The van der Waals surface area contributed by atoms with E-state index in [9.17, 15) is 19.2 Å². The number of carbonyl (C=O) groups excluding carboxylic acids is 4. The van der Waals surface area contributed by atoms with Crippen LogP contribution in [0.3, 0.4) is 0 Å². The molecule has 4 amide bonds. The standard InChI is InChI=1S/C31H38N8O4/c1-21(27(40)36-25-13-3-7-17-32-25)34-29(42)23-11-9-19-38(23)31(15-5-6-16-31)39-20-10-12-24(39)30(43)35-22(2)28(41)37-26-14-4-8-18-33-26/h3-8,13-18,21-24H,9-12,19-20H2,1-2H3,(H,34,42)(H,35,43)(H,32,36,40)(H,33,37,41)/t21-,22-,23-,24-/m0/s1. The lowest BCUT2D eigenvalue weighted by Crippen LogP contribution is -2.65. The zero-order valence-electron chi connectivity index (χ0n) is 24.4. The van der Waals surface area contributed by atoms with Gasteiger partial charge in [-0.25, -0.2) is 9.97 Å².